The van der Waals surface area contributed by atoms with Gasteiger partial charge in [-0.25, -0.2) is 14.4 Å². The molecule has 1 aliphatic rings. The van der Waals surface area contributed by atoms with Crippen LogP contribution in [0.15, 0.2) is 55.1 Å². The number of aromatic amines is 1. The van der Waals surface area contributed by atoms with E-state index in [1.807, 2.05) is 11.0 Å². The second-order valence-corrected chi connectivity index (χ2v) is 7.26. The summed E-state index contributed by atoms with van der Waals surface area (Å²) in [5.41, 5.74) is 3.30. The van der Waals surface area contributed by atoms with Crippen LogP contribution in [0.1, 0.15) is 34.8 Å². The van der Waals surface area contributed by atoms with E-state index in [1.165, 1.54) is 12.1 Å². The van der Waals surface area contributed by atoms with Crippen LogP contribution in [0, 0.1) is 5.82 Å². The van der Waals surface area contributed by atoms with Gasteiger partial charge in [0.1, 0.15) is 5.82 Å². The first-order chi connectivity index (χ1) is 14.2. The molecule has 0 saturated carbocycles. The average Bonchev–Trinajstić information content (AvgIpc) is 3.43. The molecule has 1 aliphatic heterocycles. The Labute approximate surface area is 166 Å². The van der Waals surface area contributed by atoms with Crippen molar-refractivity contribution in [2.45, 2.75) is 18.8 Å². The maximum absolute atomic E-state index is 13.1. The quantitative estimate of drug-likeness (QED) is 0.582. The van der Waals surface area contributed by atoms with Gasteiger partial charge < -0.3 is 4.90 Å². The monoisotopic (exact) mass is 390 g/mol. The Balaban J connectivity index is 1.25. The lowest BCUT2D eigenvalue weighted by molar-refractivity contribution is 0.0711. The van der Waals surface area contributed by atoms with Crippen LogP contribution in [0.2, 0.25) is 0 Å². The van der Waals surface area contributed by atoms with E-state index in [-0.39, 0.29) is 11.7 Å². The number of H-pyrrole nitrogens is 1. The van der Waals surface area contributed by atoms with Crippen molar-refractivity contribution in [2.75, 3.05) is 13.1 Å². The van der Waals surface area contributed by atoms with Gasteiger partial charge in [0.05, 0.1) is 11.3 Å². The average molecular weight is 390 g/mol. The van der Waals surface area contributed by atoms with Crippen LogP contribution in [-0.4, -0.2) is 48.5 Å². The molecule has 1 amide bonds. The number of fused-ring (bicyclic) bond motifs is 1. The molecule has 0 aliphatic carbocycles. The van der Waals surface area contributed by atoms with Gasteiger partial charge in [-0.05, 0) is 43.2 Å². The van der Waals surface area contributed by atoms with Gasteiger partial charge in [-0.15, -0.1) is 0 Å². The van der Waals surface area contributed by atoms with Crippen molar-refractivity contribution in [1.82, 2.24) is 29.5 Å². The Morgan fingerprint density at radius 3 is 2.72 bits per heavy atom. The van der Waals surface area contributed by atoms with E-state index in [2.05, 4.69) is 20.2 Å². The molecule has 1 N–H and O–H groups in total. The van der Waals surface area contributed by atoms with Crippen LogP contribution >= 0.6 is 0 Å². The summed E-state index contributed by atoms with van der Waals surface area (Å²) in [7, 11) is 0. The number of hydrogen-bond donors (Lipinski definition) is 1. The molecule has 4 heterocycles. The second kappa shape index (κ2) is 7.12. The fourth-order valence-corrected chi connectivity index (χ4v) is 3.82. The Bertz CT molecular complexity index is 1160. The highest BCUT2D eigenvalue weighted by Crippen LogP contribution is 2.30. The van der Waals surface area contributed by atoms with Crippen LogP contribution in [0.5, 0.6) is 0 Å². The highest BCUT2D eigenvalue weighted by atomic mass is 19.1. The molecular formula is C21H19FN6O. The fraction of sp³-hybridized carbons (Fsp3) is 0.238. The molecule has 5 rings (SSSR count). The lowest BCUT2D eigenvalue weighted by Gasteiger charge is -2.31. The van der Waals surface area contributed by atoms with E-state index >= 15 is 0 Å². The van der Waals surface area contributed by atoms with Crippen LogP contribution < -0.4 is 0 Å². The zero-order valence-corrected chi connectivity index (χ0v) is 15.6. The zero-order chi connectivity index (χ0) is 19.8. The number of amides is 1. The summed E-state index contributed by atoms with van der Waals surface area (Å²) >= 11 is 0. The van der Waals surface area contributed by atoms with E-state index in [1.54, 1.807) is 41.3 Å². The van der Waals surface area contributed by atoms with Gasteiger partial charge in [0.15, 0.2) is 0 Å². The molecule has 7 nitrogen and oxygen atoms in total. The number of halogens is 1. The van der Waals surface area contributed by atoms with Crippen LogP contribution in [0.25, 0.3) is 17.0 Å². The van der Waals surface area contributed by atoms with Crippen molar-refractivity contribution in [2.24, 2.45) is 0 Å². The molecule has 4 aromatic rings. The zero-order valence-electron chi connectivity index (χ0n) is 15.6. The standard InChI is InChI=1S/C21H19FN6O/c22-17-3-1-14(2-4-17)18-11-19(26-25-18)15-5-8-27(9-6-15)20(29)16-12-24-21-23-7-10-28(21)13-16/h1-4,7,10-13,15H,5-6,8-9H2,(H,25,26). The summed E-state index contributed by atoms with van der Waals surface area (Å²) in [4.78, 5) is 23.0. The van der Waals surface area contributed by atoms with Crippen molar-refractivity contribution < 1.29 is 9.18 Å². The Hall–Kier alpha value is -3.55. The van der Waals surface area contributed by atoms with E-state index in [0.717, 1.165) is 29.8 Å². The lowest BCUT2D eigenvalue weighted by atomic mass is 9.93. The molecule has 0 spiro atoms. The number of likely N-dealkylation sites (tertiary alicyclic amines) is 1. The highest BCUT2D eigenvalue weighted by molar-refractivity contribution is 5.93. The number of nitrogens with one attached hydrogen (secondary N) is 1. The molecule has 1 saturated heterocycles. The first-order valence-corrected chi connectivity index (χ1v) is 9.56. The number of benzene rings is 1. The summed E-state index contributed by atoms with van der Waals surface area (Å²) in [6.07, 6.45) is 8.51. The topological polar surface area (TPSA) is 79.2 Å². The number of imidazole rings is 1. The van der Waals surface area contributed by atoms with Gasteiger partial charge in [0, 0.05) is 55.1 Å². The Morgan fingerprint density at radius 1 is 1.14 bits per heavy atom. The third-order valence-corrected chi connectivity index (χ3v) is 5.45. The minimum absolute atomic E-state index is 0.0110. The van der Waals surface area contributed by atoms with Crippen LogP contribution in [-0.2, 0) is 0 Å². The highest BCUT2D eigenvalue weighted by Gasteiger charge is 2.26. The number of nitrogens with zero attached hydrogens (tertiary/aromatic N) is 5. The number of aromatic nitrogens is 5. The molecule has 146 valence electrons. The van der Waals surface area contributed by atoms with Crippen LogP contribution in [0.3, 0.4) is 0 Å². The maximum atomic E-state index is 13.1. The van der Waals surface area contributed by atoms with E-state index in [4.69, 9.17) is 0 Å². The van der Waals surface area contributed by atoms with Gasteiger partial charge in [-0.1, -0.05) is 0 Å². The second-order valence-electron chi connectivity index (χ2n) is 7.26. The molecule has 8 heteroatoms. The van der Waals surface area contributed by atoms with Crippen LogP contribution in [0.4, 0.5) is 4.39 Å². The van der Waals surface area contributed by atoms with Crippen molar-refractivity contribution in [3.05, 3.63) is 72.2 Å². The fourth-order valence-electron chi connectivity index (χ4n) is 3.82. The maximum Gasteiger partial charge on any atom is 0.256 e. The first kappa shape index (κ1) is 17.5. The lowest BCUT2D eigenvalue weighted by Crippen LogP contribution is -2.38. The number of piperidine rings is 1. The summed E-state index contributed by atoms with van der Waals surface area (Å²) in [6.45, 7) is 1.35. The summed E-state index contributed by atoms with van der Waals surface area (Å²) in [5.74, 6) is 0.624. The van der Waals surface area contributed by atoms with Gasteiger partial charge in [-0.3, -0.25) is 14.3 Å². The van der Waals surface area contributed by atoms with Gasteiger partial charge in [-0.2, -0.15) is 5.10 Å². The minimum atomic E-state index is -0.260. The molecule has 0 unspecified atom stereocenters. The van der Waals surface area contributed by atoms with E-state index in [9.17, 15) is 9.18 Å². The van der Waals surface area contributed by atoms with Gasteiger partial charge in [0.2, 0.25) is 5.78 Å². The molecule has 0 radical (unpaired) electrons. The minimum Gasteiger partial charge on any atom is -0.339 e. The van der Waals surface area contributed by atoms with Crippen molar-refractivity contribution in [1.29, 1.82) is 0 Å². The van der Waals surface area contributed by atoms with Gasteiger partial charge >= 0.3 is 0 Å². The molecular weight excluding hydrogens is 371 g/mol. The molecule has 1 aromatic carbocycles. The third kappa shape index (κ3) is 3.37. The summed E-state index contributed by atoms with van der Waals surface area (Å²) in [6, 6.07) is 8.34. The Morgan fingerprint density at radius 2 is 1.93 bits per heavy atom. The summed E-state index contributed by atoms with van der Waals surface area (Å²) < 4.78 is 14.9. The number of carbonyl (C=O) groups excluding carboxylic acids is 1. The van der Waals surface area contributed by atoms with Crippen molar-refractivity contribution in [3.63, 3.8) is 0 Å². The normalized spacial score (nSPS) is 15.1. The first-order valence-electron chi connectivity index (χ1n) is 9.56. The molecule has 29 heavy (non-hydrogen) atoms. The number of carbonyl (C=O) groups is 1. The van der Waals surface area contributed by atoms with Gasteiger partial charge in [0.25, 0.3) is 5.91 Å². The van der Waals surface area contributed by atoms with E-state index < -0.39 is 0 Å². The SMILES string of the molecule is O=C(c1cnc2nccn2c1)N1CCC(c2cc(-c3ccc(F)cc3)n[nH]2)CC1. The smallest absolute Gasteiger partial charge is 0.256 e. The number of hydrogen-bond acceptors (Lipinski definition) is 4. The molecule has 1 fully saturated rings. The predicted octanol–water partition coefficient (Wildman–Crippen LogP) is 3.28. The predicted molar refractivity (Wildman–Crippen MR) is 105 cm³/mol. The third-order valence-electron chi connectivity index (χ3n) is 5.45. The summed E-state index contributed by atoms with van der Waals surface area (Å²) in [5, 5.41) is 7.49. The molecule has 0 atom stereocenters. The van der Waals surface area contributed by atoms with Crippen molar-refractivity contribution in [3.8, 4) is 11.3 Å². The molecule has 0 bridgehead atoms. The van der Waals surface area contributed by atoms with E-state index in [0.29, 0.717) is 30.3 Å². The Kier molecular flexibility index (Phi) is 4.31. The number of rotatable bonds is 3. The largest absolute Gasteiger partial charge is 0.339 e. The molecule has 3 aromatic heterocycles. The van der Waals surface area contributed by atoms with Crippen molar-refractivity contribution >= 4 is 11.7 Å².